The van der Waals surface area contributed by atoms with Gasteiger partial charge in [0.15, 0.2) is 23.1 Å². The Bertz CT molecular complexity index is 1070. The largest absolute Gasteiger partial charge is 0.507 e. The quantitative estimate of drug-likeness (QED) is 0.0749. The summed E-state index contributed by atoms with van der Waals surface area (Å²) in [6.07, 6.45) is 24.4. The van der Waals surface area contributed by atoms with E-state index in [1.807, 2.05) is 0 Å². The molecule has 0 aliphatic carbocycles. The number of aromatic hydroxyl groups is 2. The lowest BCUT2D eigenvalue weighted by Gasteiger charge is -2.09. The van der Waals surface area contributed by atoms with Crippen LogP contribution in [-0.4, -0.2) is 48.9 Å². The van der Waals surface area contributed by atoms with Gasteiger partial charge in [-0.1, -0.05) is 117 Å². The van der Waals surface area contributed by atoms with Gasteiger partial charge < -0.3 is 19.7 Å². The molecule has 6 nitrogen and oxygen atoms in total. The van der Waals surface area contributed by atoms with Gasteiger partial charge in [0.05, 0.1) is 26.3 Å². The van der Waals surface area contributed by atoms with Crippen LogP contribution in [0.2, 0.25) is 0 Å². The predicted octanol–water partition coefficient (Wildman–Crippen LogP) is 10.7. The fraction of sp³-hybridized carbons (Fsp3) is 0.632. The standard InChI is InChI=1S/C38H58F2N2O4/c1-3-5-7-9-11-13-15-17-19-23-45-37-25-31(35(43)27-33(37)39)29-41-21-22-42-30-32-26-38(34(40)28-36(32)44)46-24-20-18-16-14-12-10-8-6-4-2/h25-30,43-44H,3-24H2,1-2H3. The van der Waals surface area contributed by atoms with Crippen molar-refractivity contribution >= 4 is 12.4 Å². The second-order valence-corrected chi connectivity index (χ2v) is 12.1. The van der Waals surface area contributed by atoms with E-state index in [0.717, 1.165) is 50.7 Å². The molecule has 0 unspecified atom stereocenters. The summed E-state index contributed by atoms with van der Waals surface area (Å²) < 4.78 is 39.9. The fourth-order valence-corrected chi connectivity index (χ4v) is 5.18. The van der Waals surface area contributed by atoms with Crippen molar-refractivity contribution in [1.82, 2.24) is 0 Å². The van der Waals surface area contributed by atoms with Crippen molar-refractivity contribution in [3.8, 4) is 23.0 Å². The molecule has 46 heavy (non-hydrogen) atoms. The maximum absolute atomic E-state index is 14.3. The van der Waals surface area contributed by atoms with E-state index in [9.17, 15) is 19.0 Å². The van der Waals surface area contributed by atoms with Crippen LogP contribution in [0, 0.1) is 11.6 Å². The summed E-state index contributed by atoms with van der Waals surface area (Å²) >= 11 is 0. The zero-order valence-electron chi connectivity index (χ0n) is 28.4. The second kappa shape index (κ2) is 25.0. The molecule has 0 radical (unpaired) electrons. The number of nitrogens with zero attached hydrogens (tertiary/aromatic N) is 2. The number of rotatable bonds is 27. The van der Waals surface area contributed by atoms with Crippen molar-refractivity contribution in [2.45, 2.75) is 129 Å². The van der Waals surface area contributed by atoms with Crippen molar-refractivity contribution in [2.24, 2.45) is 9.98 Å². The van der Waals surface area contributed by atoms with Gasteiger partial charge >= 0.3 is 0 Å². The van der Waals surface area contributed by atoms with Gasteiger partial charge in [-0.2, -0.15) is 0 Å². The lowest BCUT2D eigenvalue weighted by Crippen LogP contribution is -2.01. The SMILES string of the molecule is CCCCCCCCCCCOc1cc(C=NCCN=Cc2cc(OCCCCCCCCCCC)c(F)cc2O)c(O)cc1F. The van der Waals surface area contributed by atoms with Crippen molar-refractivity contribution < 1.29 is 28.5 Å². The minimum absolute atomic E-state index is 0.0967. The van der Waals surface area contributed by atoms with Crippen LogP contribution in [0.25, 0.3) is 0 Å². The molecular weight excluding hydrogens is 586 g/mol. The van der Waals surface area contributed by atoms with Gasteiger partial charge in [-0.3, -0.25) is 9.98 Å². The van der Waals surface area contributed by atoms with Gasteiger partial charge in [0.2, 0.25) is 0 Å². The lowest BCUT2D eigenvalue weighted by molar-refractivity contribution is 0.289. The van der Waals surface area contributed by atoms with Crippen molar-refractivity contribution in [2.75, 3.05) is 26.3 Å². The summed E-state index contributed by atoms with van der Waals surface area (Å²) in [7, 11) is 0. The van der Waals surface area contributed by atoms with E-state index in [1.54, 1.807) is 0 Å². The Labute approximate surface area is 276 Å². The van der Waals surface area contributed by atoms with Crippen LogP contribution in [0.3, 0.4) is 0 Å². The minimum atomic E-state index is -0.606. The van der Waals surface area contributed by atoms with Gasteiger partial charge in [-0.25, -0.2) is 8.78 Å². The Morgan fingerprint density at radius 2 is 0.848 bits per heavy atom. The molecule has 0 aliphatic rings. The number of halogens is 2. The first-order valence-electron chi connectivity index (χ1n) is 17.8. The van der Waals surface area contributed by atoms with E-state index in [1.165, 1.54) is 102 Å². The number of benzene rings is 2. The monoisotopic (exact) mass is 644 g/mol. The van der Waals surface area contributed by atoms with E-state index in [4.69, 9.17) is 9.47 Å². The maximum atomic E-state index is 14.3. The molecule has 0 fully saturated rings. The van der Waals surface area contributed by atoms with Crippen LogP contribution in [0.5, 0.6) is 23.0 Å². The normalized spacial score (nSPS) is 11.7. The van der Waals surface area contributed by atoms with Crippen LogP contribution in [-0.2, 0) is 0 Å². The number of ether oxygens (including phenoxy) is 2. The average Bonchev–Trinajstić information content (AvgIpc) is 3.03. The molecule has 0 saturated heterocycles. The topological polar surface area (TPSA) is 83.6 Å². The third-order valence-electron chi connectivity index (χ3n) is 7.99. The zero-order chi connectivity index (χ0) is 33.2. The molecule has 0 aliphatic heterocycles. The van der Waals surface area contributed by atoms with Crippen molar-refractivity contribution in [3.05, 3.63) is 47.0 Å². The number of phenolic OH excluding ortho intramolecular Hbond substituents is 2. The molecule has 0 saturated carbocycles. The van der Waals surface area contributed by atoms with E-state index in [0.29, 0.717) is 37.4 Å². The molecule has 0 heterocycles. The van der Waals surface area contributed by atoms with Gasteiger partial charge in [-0.05, 0) is 25.0 Å². The van der Waals surface area contributed by atoms with E-state index < -0.39 is 11.6 Å². The molecule has 0 atom stereocenters. The lowest BCUT2D eigenvalue weighted by atomic mass is 10.1. The summed E-state index contributed by atoms with van der Waals surface area (Å²) in [6.45, 7) is 5.88. The third-order valence-corrected chi connectivity index (χ3v) is 7.99. The first-order chi connectivity index (χ1) is 22.5. The number of unbranched alkanes of at least 4 members (excludes halogenated alkanes) is 16. The number of hydrogen-bond acceptors (Lipinski definition) is 6. The second-order valence-electron chi connectivity index (χ2n) is 12.1. The molecular formula is C38H58F2N2O4. The Balaban J connectivity index is 1.72. The number of hydrogen-bond donors (Lipinski definition) is 2. The van der Waals surface area contributed by atoms with Crippen molar-refractivity contribution in [1.29, 1.82) is 0 Å². The van der Waals surface area contributed by atoms with Crippen LogP contribution >= 0.6 is 0 Å². The van der Waals surface area contributed by atoms with Crippen LogP contribution in [0.1, 0.15) is 141 Å². The first-order valence-corrected chi connectivity index (χ1v) is 17.8. The molecule has 8 heteroatoms. The first kappa shape index (κ1) is 39.0. The molecule has 2 N–H and O–H groups in total. The minimum Gasteiger partial charge on any atom is -0.507 e. The molecule has 0 amide bonds. The van der Waals surface area contributed by atoms with Gasteiger partial charge in [0.1, 0.15) is 11.5 Å². The average molecular weight is 645 g/mol. The highest BCUT2D eigenvalue weighted by Gasteiger charge is 2.11. The Hall–Kier alpha value is -3.16. The molecule has 0 spiro atoms. The van der Waals surface area contributed by atoms with E-state index in [-0.39, 0.29) is 23.0 Å². The molecule has 258 valence electrons. The highest BCUT2D eigenvalue weighted by molar-refractivity contribution is 5.85. The van der Waals surface area contributed by atoms with Crippen LogP contribution in [0.15, 0.2) is 34.3 Å². The maximum Gasteiger partial charge on any atom is 0.168 e. The number of aliphatic imine (C=N–C) groups is 2. The Kier molecular flexibility index (Phi) is 21.2. The van der Waals surface area contributed by atoms with Crippen molar-refractivity contribution in [3.63, 3.8) is 0 Å². The summed E-state index contributed by atoms with van der Waals surface area (Å²) in [5, 5.41) is 20.3. The van der Waals surface area contributed by atoms with Crippen LogP contribution in [0.4, 0.5) is 8.78 Å². The summed E-state index contributed by atoms with van der Waals surface area (Å²) in [5.74, 6) is -1.45. The molecule has 0 aromatic heterocycles. The van der Waals surface area contributed by atoms with E-state index >= 15 is 0 Å². The highest BCUT2D eigenvalue weighted by atomic mass is 19.1. The summed E-state index contributed by atoms with van der Waals surface area (Å²) in [4.78, 5) is 8.56. The predicted molar refractivity (Wildman–Crippen MR) is 186 cm³/mol. The van der Waals surface area contributed by atoms with Gasteiger partial charge in [-0.15, -0.1) is 0 Å². The van der Waals surface area contributed by atoms with Gasteiger partial charge in [0.25, 0.3) is 0 Å². The summed E-state index contributed by atoms with van der Waals surface area (Å²) in [5.41, 5.74) is 0.717. The van der Waals surface area contributed by atoms with E-state index in [2.05, 4.69) is 23.8 Å². The molecule has 2 rings (SSSR count). The molecule has 2 aromatic rings. The van der Waals surface area contributed by atoms with Crippen LogP contribution < -0.4 is 9.47 Å². The third kappa shape index (κ3) is 17.0. The number of phenols is 2. The highest BCUT2D eigenvalue weighted by Crippen LogP contribution is 2.27. The Morgan fingerprint density at radius 3 is 1.20 bits per heavy atom. The Morgan fingerprint density at radius 1 is 0.522 bits per heavy atom. The fourth-order valence-electron chi connectivity index (χ4n) is 5.18. The summed E-state index contributed by atoms with van der Waals surface area (Å²) in [6, 6.07) is 4.99. The van der Waals surface area contributed by atoms with Gasteiger partial charge in [0, 0.05) is 35.7 Å². The molecule has 0 bridgehead atoms. The zero-order valence-corrected chi connectivity index (χ0v) is 28.4. The molecule has 2 aromatic carbocycles. The smallest absolute Gasteiger partial charge is 0.168 e.